The van der Waals surface area contributed by atoms with Gasteiger partial charge < -0.3 is 15.0 Å². The van der Waals surface area contributed by atoms with Crippen molar-refractivity contribution in [2.75, 3.05) is 26.7 Å². The third-order valence-corrected chi connectivity index (χ3v) is 3.00. The average Bonchev–Trinajstić information content (AvgIpc) is 2.48. The predicted octanol–water partition coefficient (Wildman–Crippen LogP) is 1.58. The van der Waals surface area contributed by atoms with Gasteiger partial charge in [0.1, 0.15) is 0 Å². The second-order valence-corrected chi connectivity index (χ2v) is 4.82. The van der Waals surface area contributed by atoms with E-state index in [4.69, 9.17) is 4.74 Å². The summed E-state index contributed by atoms with van der Waals surface area (Å²) >= 11 is 0. The SMILES string of the molecule is CCOC(=O)CCCNCC(=O)N(C)Cc1ccccc1. The summed E-state index contributed by atoms with van der Waals surface area (Å²) < 4.78 is 4.83. The lowest BCUT2D eigenvalue weighted by Gasteiger charge is -2.17. The van der Waals surface area contributed by atoms with Crippen molar-refractivity contribution >= 4 is 11.9 Å². The highest BCUT2D eigenvalue weighted by Crippen LogP contribution is 2.02. The molecule has 0 aliphatic carbocycles. The molecule has 116 valence electrons. The van der Waals surface area contributed by atoms with Gasteiger partial charge >= 0.3 is 5.97 Å². The number of benzene rings is 1. The quantitative estimate of drug-likeness (QED) is 0.554. The molecule has 0 spiro atoms. The summed E-state index contributed by atoms with van der Waals surface area (Å²) in [6.07, 6.45) is 1.06. The molecule has 1 aromatic carbocycles. The van der Waals surface area contributed by atoms with E-state index in [1.807, 2.05) is 30.3 Å². The first-order chi connectivity index (χ1) is 10.1. The van der Waals surface area contributed by atoms with Crippen LogP contribution < -0.4 is 5.32 Å². The Morgan fingerprint density at radius 2 is 1.95 bits per heavy atom. The monoisotopic (exact) mass is 292 g/mol. The van der Waals surface area contributed by atoms with Crippen LogP contribution in [-0.4, -0.2) is 43.5 Å². The summed E-state index contributed by atoms with van der Waals surface area (Å²) in [5, 5.41) is 3.05. The predicted molar refractivity (Wildman–Crippen MR) is 81.7 cm³/mol. The molecule has 0 bridgehead atoms. The van der Waals surface area contributed by atoms with Crippen LogP contribution in [0.15, 0.2) is 30.3 Å². The van der Waals surface area contributed by atoms with Crippen LogP contribution in [0.3, 0.4) is 0 Å². The molecule has 0 aromatic heterocycles. The number of carbonyl (C=O) groups excluding carboxylic acids is 2. The van der Waals surface area contributed by atoms with E-state index >= 15 is 0 Å². The van der Waals surface area contributed by atoms with Gasteiger partial charge in [-0.25, -0.2) is 0 Å². The maximum Gasteiger partial charge on any atom is 0.305 e. The zero-order valence-corrected chi connectivity index (χ0v) is 12.8. The second kappa shape index (κ2) is 9.94. The van der Waals surface area contributed by atoms with Crippen LogP contribution in [0.2, 0.25) is 0 Å². The van der Waals surface area contributed by atoms with Gasteiger partial charge in [-0.15, -0.1) is 0 Å². The van der Waals surface area contributed by atoms with Gasteiger partial charge in [-0.3, -0.25) is 9.59 Å². The maximum atomic E-state index is 11.9. The topological polar surface area (TPSA) is 58.6 Å². The van der Waals surface area contributed by atoms with Crippen LogP contribution in [0.4, 0.5) is 0 Å². The molecule has 5 nitrogen and oxygen atoms in total. The van der Waals surface area contributed by atoms with Crippen LogP contribution in [0.5, 0.6) is 0 Å². The molecule has 0 saturated carbocycles. The Morgan fingerprint density at radius 1 is 1.24 bits per heavy atom. The van der Waals surface area contributed by atoms with Gasteiger partial charge in [-0.05, 0) is 25.5 Å². The lowest BCUT2D eigenvalue weighted by Crippen LogP contribution is -2.35. The number of nitrogens with one attached hydrogen (secondary N) is 1. The summed E-state index contributed by atoms with van der Waals surface area (Å²) in [5.41, 5.74) is 1.11. The molecule has 5 heteroatoms. The van der Waals surface area contributed by atoms with Crippen molar-refractivity contribution in [3.63, 3.8) is 0 Å². The molecule has 1 aromatic rings. The summed E-state index contributed by atoms with van der Waals surface area (Å²) in [4.78, 5) is 24.7. The third-order valence-electron chi connectivity index (χ3n) is 3.00. The van der Waals surface area contributed by atoms with Crippen LogP contribution >= 0.6 is 0 Å². The Morgan fingerprint density at radius 3 is 2.62 bits per heavy atom. The van der Waals surface area contributed by atoms with E-state index in [-0.39, 0.29) is 18.4 Å². The summed E-state index contributed by atoms with van der Waals surface area (Å²) in [7, 11) is 1.79. The molecule has 0 heterocycles. The largest absolute Gasteiger partial charge is 0.466 e. The maximum absolute atomic E-state index is 11.9. The normalized spacial score (nSPS) is 10.2. The number of esters is 1. The Kier molecular flexibility index (Phi) is 8.12. The van der Waals surface area contributed by atoms with Crippen molar-refractivity contribution in [2.45, 2.75) is 26.3 Å². The molecule has 0 radical (unpaired) electrons. The highest BCUT2D eigenvalue weighted by molar-refractivity contribution is 5.78. The number of ether oxygens (including phenoxy) is 1. The zero-order chi connectivity index (χ0) is 15.5. The van der Waals surface area contributed by atoms with Crippen LogP contribution in [-0.2, 0) is 20.9 Å². The molecule has 0 aliphatic rings. The third kappa shape index (κ3) is 7.46. The molecule has 0 aliphatic heterocycles. The first kappa shape index (κ1) is 17.2. The molecule has 0 saturated heterocycles. The number of hydrogen-bond acceptors (Lipinski definition) is 4. The van der Waals surface area contributed by atoms with Gasteiger partial charge in [-0.1, -0.05) is 30.3 Å². The fraction of sp³-hybridized carbons (Fsp3) is 0.500. The van der Waals surface area contributed by atoms with Crippen LogP contribution in [0, 0.1) is 0 Å². The number of rotatable bonds is 9. The fourth-order valence-electron chi connectivity index (χ4n) is 1.87. The fourth-order valence-corrected chi connectivity index (χ4v) is 1.87. The number of hydrogen-bond donors (Lipinski definition) is 1. The Balaban J connectivity index is 2.14. The summed E-state index contributed by atoms with van der Waals surface area (Å²) in [6, 6.07) is 9.87. The van der Waals surface area contributed by atoms with E-state index < -0.39 is 0 Å². The molecule has 1 rings (SSSR count). The highest BCUT2D eigenvalue weighted by Gasteiger charge is 2.08. The van der Waals surface area contributed by atoms with Crippen molar-refractivity contribution in [3.8, 4) is 0 Å². The first-order valence-electron chi connectivity index (χ1n) is 7.27. The van der Waals surface area contributed by atoms with Crippen LogP contribution in [0.25, 0.3) is 0 Å². The van der Waals surface area contributed by atoms with E-state index in [0.717, 1.165) is 5.56 Å². The molecule has 0 unspecified atom stereocenters. The minimum Gasteiger partial charge on any atom is -0.466 e. The van der Waals surface area contributed by atoms with E-state index in [1.165, 1.54) is 0 Å². The van der Waals surface area contributed by atoms with Gasteiger partial charge in [0.2, 0.25) is 5.91 Å². The van der Waals surface area contributed by atoms with Crippen molar-refractivity contribution in [2.24, 2.45) is 0 Å². The number of likely N-dealkylation sites (N-methyl/N-ethyl adjacent to an activating group) is 1. The van der Waals surface area contributed by atoms with Gasteiger partial charge in [0.15, 0.2) is 0 Å². The molecule has 0 atom stereocenters. The Hall–Kier alpha value is -1.88. The van der Waals surface area contributed by atoms with E-state index in [1.54, 1.807) is 18.9 Å². The lowest BCUT2D eigenvalue weighted by molar-refractivity contribution is -0.143. The average molecular weight is 292 g/mol. The lowest BCUT2D eigenvalue weighted by atomic mass is 10.2. The van der Waals surface area contributed by atoms with E-state index in [9.17, 15) is 9.59 Å². The first-order valence-corrected chi connectivity index (χ1v) is 7.27. The highest BCUT2D eigenvalue weighted by atomic mass is 16.5. The zero-order valence-electron chi connectivity index (χ0n) is 12.8. The van der Waals surface area contributed by atoms with E-state index in [2.05, 4.69) is 5.32 Å². The van der Waals surface area contributed by atoms with Gasteiger partial charge in [0.05, 0.1) is 13.2 Å². The van der Waals surface area contributed by atoms with Crippen molar-refractivity contribution < 1.29 is 14.3 Å². The van der Waals surface area contributed by atoms with Crippen molar-refractivity contribution in [1.29, 1.82) is 0 Å². The smallest absolute Gasteiger partial charge is 0.305 e. The minimum absolute atomic E-state index is 0.0370. The Labute approximate surface area is 126 Å². The molecular weight excluding hydrogens is 268 g/mol. The number of nitrogens with zero attached hydrogens (tertiary/aromatic N) is 1. The molecule has 1 amide bonds. The van der Waals surface area contributed by atoms with E-state index in [0.29, 0.717) is 32.5 Å². The molecular formula is C16H24N2O3. The van der Waals surface area contributed by atoms with Crippen molar-refractivity contribution in [3.05, 3.63) is 35.9 Å². The minimum atomic E-state index is -0.188. The van der Waals surface area contributed by atoms with Gasteiger partial charge in [0, 0.05) is 20.0 Å². The van der Waals surface area contributed by atoms with Gasteiger partial charge in [-0.2, -0.15) is 0 Å². The number of amides is 1. The summed E-state index contributed by atoms with van der Waals surface area (Å²) in [6.45, 7) is 3.71. The summed E-state index contributed by atoms with van der Waals surface area (Å²) in [5.74, 6) is -0.151. The van der Waals surface area contributed by atoms with Crippen molar-refractivity contribution in [1.82, 2.24) is 10.2 Å². The van der Waals surface area contributed by atoms with Gasteiger partial charge in [0.25, 0.3) is 0 Å². The molecule has 1 N–H and O–H groups in total. The Bertz CT molecular complexity index is 434. The standard InChI is InChI=1S/C16H24N2O3/c1-3-21-16(20)10-7-11-17-12-15(19)18(2)13-14-8-5-4-6-9-14/h4-6,8-9,17H,3,7,10-13H2,1-2H3. The van der Waals surface area contributed by atoms with Crippen LogP contribution in [0.1, 0.15) is 25.3 Å². The molecule has 21 heavy (non-hydrogen) atoms. The molecule has 0 fully saturated rings. The second-order valence-electron chi connectivity index (χ2n) is 4.82. The number of carbonyl (C=O) groups is 2.